The lowest BCUT2D eigenvalue weighted by Crippen LogP contribution is -2.23. The van der Waals surface area contributed by atoms with Crippen molar-refractivity contribution in [1.82, 2.24) is 24.3 Å². The fraction of sp³-hybridized carbons (Fsp3) is 0.111. The van der Waals surface area contributed by atoms with Crippen molar-refractivity contribution in [3.8, 4) is 11.4 Å². The molecule has 0 saturated carbocycles. The van der Waals surface area contributed by atoms with Crippen LogP contribution in [-0.4, -0.2) is 24.3 Å². The summed E-state index contributed by atoms with van der Waals surface area (Å²) in [6, 6.07) is 13.3. The van der Waals surface area contributed by atoms with Crippen LogP contribution in [0.4, 0.5) is 0 Å². The van der Waals surface area contributed by atoms with Gasteiger partial charge in [0.15, 0.2) is 5.65 Å². The average Bonchev–Trinajstić information content (AvgIpc) is 3.07. The number of aromatic nitrogens is 5. The number of fused-ring (bicyclic) bond motifs is 1. The number of hydrogen-bond acceptors (Lipinski definition) is 4. The lowest BCUT2D eigenvalue weighted by atomic mass is 10.3. The Bertz CT molecular complexity index is 1050. The van der Waals surface area contributed by atoms with Gasteiger partial charge in [-0.25, -0.2) is 9.67 Å². The fourth-order valence-electron chi connectivity index (χ4n) is 2.76. The van der Waals surface area contributed by atoms with Gasteiger partial charge in [0.2, 0.25) is 0 Å². The Morgan fingerprint density at radius 1 is 1.00 bits per heavy atom. The molecule has 0 aliphatic rings. The summed E-state index contributed by atoms with van der Waals surface area (Å²) in [5.74, 6) is 0.679. The first-order chi connectivity index (χ1) is 11.8. The van der Waals surface area contributed by atoms with Crippen molar-refractivity contribution in [2.24, 2.45) is 0 Å². The van der Waals surface area contributed by atoms with Crippen LogP contribution in [0.5, 0.6) is 0 Å². The molecule has 1 aromatic carbocycles. The first kappa shape index (κ1) is 14.3. The van der Waals surface area contributed by atoms with Gasteiger partial charge in [-0.3, -0.25) is 14.3 Å². The van der Waals surface area contributed by atoms with E-state index < -0.39 is 0 Å². The number of rotatable bonds is 3. The van der Waals surface area contributed by atoms with Crippen LogP contribution >= 0.6 is 0 Å². The van der Waals surface area contributed by atoms with E-state index in [1.54, 1.807) is 33.9 Å². The lowest BCUT2D eigenvalue weighted by Gasteiger charge is -2.11. The third-order valence-corrected chi connectivity index (χ3v) is 3.89. The summed E-state index contributed by atoms with van der Waals surface area (Å²) >= 11 is 0. The SMILES string of the molecule is CCc1nc2c(cnn2-c2ccccc2)c(=O)n1-c1cccnc1. The second-order valence-corrected chi connectivity index (χ2v) is 5.36. The molecule has 3 heterocycles. The molecule has 4 aromatic rings. The predicted molar refractivity (Wildman–Crippen MR) is 91.6 cm³/mol. The molecule has 6 nitrogen and oxygen atoms in total. The fourth-order valence-corrected chi connectivity index (χ4v) is 2.76. The molecule has 6 heteroatoms. The van der Waals surface area contributed by atoms with Gasteiger partial charge in [-0.2, -0.15) is 5.10 Å². The normalized spacial score (nSPS) is 11.0. The summed E-state index contributed by atoms with van der Waals surface area (Å²) in [6.07, 6.45) is 5.54. The first-order valence-corrected chi connectivity index (χ1v) is 7.75. The van der Waals surface area contributed by atoms with E-state index in [9.17, 15) is 4.79 Å². The maximum Gasteiger partial charge on any atom is 0.269 e. The number of pyridine rings is 1. The third-order valence-electron chi connectivity index (χ3n) is 3.89. The summed E-state index contributed by atoms with van der Waals surface area (Å²) in [6.45, 7) is 1.98. The Morgan fingerprint density at radius 2 is 1.79 bits per heavy atom. The van der Waals surface area contributed by atoms with Gasteiger partial charge in [0.1, 0.15) is 11.2 Å². The Balaban J connectivity index is 2.02. The van der Waals surface area contributed by atoms with Crippen LogP contribution < -0.4 is 5.56 Å². The molecule has 3 aromatic heterocycles. The molecule has 0 aliphatic heterocycles. The monoisotopic (exact) mass is 317 g/mol. The van der Waals surface area contributed by atoms with E-state index in [0.717, 1.165) is 5.69 Å². The maximum atomic E-state index is 13.0. The minimum absolute atomic E-state index is 0.132. The molecule has 0 amide bonds. The molecule has 0 spiro atoms. The smallest absolute Gasteiger partial charge is 0.268 e. The van der Waals surface area contributed by atoms with Crippen molar-refractivity contribution in [1.29, 1.82) is 0 Å². The molecule has 0 aliphatic carbocycles. The third kappa shape index (κ3) is 2.20. The highest BCUT2D eigenvalue weighted by Gasteiger charge is 2.16. The molecule has 24 heavy (non-hydrogen) atoms. The number of benzene rings is 1. The maximum absolute atomic E-state index is 13.0. The minimum Gasteiger partial charge on any atom is -0.268 e. The van der Waals surface area contributed by atoms with Gasteiger partial charge in [-0.1, -0.05) is 25.1 Å². The minimum atomic E-state index is -0.132. The zero-order valence-electron chi connectivity index (χ0n) is 13.1. The summed E-state index contributed by atoms with van der Waals surface area (Å²) in [4.78, 5) is 21.8. The van der Waals surface area contributed by atoms with Gasteiger partial charge in [0, 0.05) is 12.6 Å². The van der Waals surface area contributed by atoms with Gasteiger partial charge < -0.3 is 0 Å². The van der Waals surface area contributed by atoms with E-state index in [2.05, 4.69) is 10.1 Å². The molecular weight excluding hydrogens is 302 g/mol. The molecule has 0 fully saturated rings. The average molecular weight is 317 g/mol. The highest BCUT2D eigenvalue weighted by Crippen LogP contribution is 2.16. The Hall–Kier alpha value is -3.28. The van der Waals surface area contributed by atoms with E-state index >= 15 is 0 Å². The second kappa shape index (κ2) is 5.73. The molecule has 0 bridgehead atoms. The Morgan fingerprint density at radius 3 is 2.50 bits per heavy atom. The number of hydrogen-bond donors (Lipinski definition) is 0. The summed E-state index contributed by atoms with van der Waals surface area (Å²) < 4.78 is 3.30. The molecule has 0 N–H and O–H groups in total. The molecule has 4 rings (SSSR count). The van der Waals surface area contributed by atoms with Crippen molar-refractivity contribution < 1.29 is 0 Å². The van der Waals surface area contributed by atoms with E-state index in [0.29, 0.717) is 29.0 Å². The van der Waals surface area contributed by atoms with Crippen molar-refractivity contribution in [2.75, 3.05) is 0 Å². The van der Waals surface area contributed by atoms with Crippen LogP contribution in [0.3, 0.4) is 0 Å². The second-order valence-electron chi connectivity index (χ2n) is 5.36. The van der Waals surface area contributed by atoms with Gasteiger partial charge in [-0.15, -0.1) is 0 Å². The van der Waals surface area contributed by atoms with E-state index in [-0.39, 0.29) is 5.56 Å². The van der Waals surface area contributed by atoms with Crippen LogP contribution in [0.15, 0.2) is 65.8 Å². The van der Waals surface area contributed by atoms with Crippen molar-refractivity contribution >= 4 is 11.0 Å². The van der Waals surface area contributed by atoms with E-state index in [4.69, 9.17) is 4.98 Å². The van der Waals surface area contributed by atoms with E-state index in [1.807, 2.05) is 43.3 Å². The van der Waals surface area contributed by atoms with Gasteiger partial charge in [-0.05, 0) is 24.3 Å². The Kier molecular flexibility index (Phi) is 3.42. The van der Waals surface area contributed by atoms with Gasteiger partial charge >= 0.3 is 0 Å². The van der Waals surface area contributed by atoms with Crippen molar-refractivity contribution in [3.05, 3.63) is 77.2 Å². The number of nitrogens with zero attached hydrogens (tertiary/aromatic N) is 5. The Labute approximate surface area is 138 Å². The zero-order chi connectivity index (χ0) is 16.5. The van der Waals surface area contributed by atoms with Gasteiger partial charge in [0.25, 0.3) is 5.56 Å². The topological polar surface area (TPSA) is 65.6 Å². The quantitative estimate of drug-likeness (QED) is 0.582. The van der Waals surface area contributed by atoms with Crippen LogP contribution in [0, 0.1) is 0 Å². The summed E-state index contributed by atoms with van der Waals surface area (Å²) in [5, 5.41) is 4.85. The lowest BCUT2D eigenvalue weighted by molar-refractivity contribution is 0.814. The van der Waals surface area contributed by atoms with Crippen LogP contribution in [0.25, 0.3) is 22.4 Å². The summed E-state index contributed by atoms with van der Waals surface area (Å²) in [5.41, 5.74) is 2.03. The molecule has 118 valence electrons. The van der Waals surface area contributed by atoms with Crippen molar-refractivity contribution in [3.63, 3.8) is 0 Å². The number of aryl methyl sites for hydroxylation is 1. The molecule has 0 atom stereocenters. The number of para-hydroxylation sites is 1. The molecule has 0 unspecified atom stereocenters. The van der Waals surface area contributed by atoms with Crippen LogP contribution in [0.2, 0.25) is 0 Å². The highest BCUT2D eigenvalue weighted by molar-refractivity contribution is 5.75. The standard InChI is InChI=1S/C18H15N5O/c1-2-16-21-17-15(12-20-23(17)13-7-4-3-5-8-13)18(24)22(16)14-9-6-10-19-11-14/h3-12H,2H2,1H3. The largest absolute Gasteiger partial charge is 0.269 e. The van der Waals surface area contributed by atoms with E-state index in [1.165, 1.54) is 0 Å². The van der Waals surface area contributed by atoms with Crippen LogP contribution in [-0.2, 0) is 6.42 Å². The predicted octanol–water partition coefficient (Wildman–Crippen LogP) is 2.53. The highest BCUT2D eigenvalue weighted by atomic mass is 16.1. The van der Waals surface area contributed by atoms with Crippen molar-refractivity contribution in [2.45, 2.75) is 13.3 Å². The summed E-state index contributed by atoms with van der Waals surface area (Å²) in [7, 11) is 0. The molecule has 0 radical (unpaired) electrons. The molecule has 0 saturated heterocycles. The molecular formula is C18H15N5O. The zero-order valence-corrected chi connectivity index (χ0v) is 13.1. The van der Waals surface area contributed by atoms with Gasteiger partial charge in [0.05, 0.1) is 23.8 Å². The first-order valence-electron chi connectivity index (χ1n) is 7.75. The van der Waals surface area contributed by atoms with Crippen LogP contribution in [0.1, 0.15) is 12.7 Å².